The van der Waals surface area contributed by atoms with Crippen LogP contribution in [-0.4, -0.2) is 110 Å². The first kappa shape index (κ1) is 60.6. The number of nitrogens with one attached hydrogen (secondary N) is 1. The highest BCUT2D eigenvalue weighted by molar-refractivity contribution is 6.76. The second kappa shape index (κ2) is 33.8. The minimum Gasteiger partial charge on any atom is -0.457 e. The number of benzene rings is 1. The van der Waals surface area contributed by atoms with Crippen molar-refractivity contribution in [1.82, 2.24) is 5.32 Å². The molecule has 14 heteroatoms. The molecule has 2 unspecified atom stereocenters. The number of rotatable bonds is 39. The number of esters is 1. The standard InChI is InChI=1S/C54H99NO11Si2/c1-11-13-15-17-19-20-22-24-28-32-45(61-42-58-34-36-67(5,6)7)38-48(56)55-50-52(51-47(41-63-54(3,4)66-51)64-53(50)60-35-37-68(8,9)10)65-49(57)39-46(33-29-23-21-18-16-14-12-2)62-43-59-40-44-30-26-25-27-31-44/h25-27,30-31,45-47,50-53H,11-24,28-29,32-43H2,1-10H3,(H,55,56)/t45?,46?,47-,50-,51-,52-,53-/m1/s1. The monoisotopic (exact) mass is 994 g/mol. The van der Waals surface area contributed by atoms with Gasteiger partial charge in [-0.15, -0.1) is 0 Å². The van der Waals surface area contributed by atoms with Gasteiger partial charge in [-0.3, -0.25) is 9.59 Å². The van der Waals surface area contributed by atoms with Gasteiger partial charge in [0, 0.05) is 29.4 Å². The Morgan fingerprint density at radius 2 is 1.24 bits per heavy atom. The van der Waals surface area contributed by atoms with E-state index in [9.17, 15) is 9.59 Å². The molecule has 7 atom stereocenters. The molecule has 2 saturated heterocycles. The van der Waals surface area contributed by atoms with Gasteiger partial charge in [0.1, 0.15) is 31.8 Å². The lowest BCUT2D eigenvalue weighted by atomic mass is 9.94. The molecule has 0 spiro atoms. The van der Waals surface area contributed by atoms with E-state index in [4.69, 9.17) is 42.6 Å². The fourth-order valence-electron chi connectivity index (χ4n) is 8.54. The van der Waals surface area contributed by atoms with Gasteiger partial charge >= 0.3 is 5.97 Å². The number of carbonyl (C=O) groups is 2. The van der Waals surface area contributed by atoms with Gasteiger partial charge in [0.25, 0.3) is 0 Å². The van der Waals surface area contributed by atoms with E-state index in [1.54, 1.807) is 0 Å². The third-order valence-electron chi connectivity index (χ3n) is 12.8. The Kier molecular flexibility index (Phi) is 30.1. The van der Waals surface area contributed by atoms with Gasteiger partial charge in [0.05, 0.1) is 38.3 Å². The van der Waals surface area contributed by atoms with Crippen LogP contribution < -0.4 is 5.32 Å². The molecule has 0 saturated carbocycles. The van der Waals surface area contributed by atoms with Crippen molar-refractivity contribution in [1.29, 1.82) is 0 Å². The Balaban J connectivity index is 1.81. The summed E-state index contributed by atoms with van der Waals surface area (Å²) in [5.41, 5.74) is 1.05. The molecule has 12 nitrogen and oxygen atoms in total. The zero-order chi connectivity index (χ0) is 49.7. The maximum absolute atomic E-state index is 14.4. The Morgan fingerprint density at radius 3 is 1.81 bits per heavy atom. The largest absolute Gasteiger partial charge is 0.457 e. The lowest BCUT2D eigenvalue weighted by molar-refractivity contribution is -0.369. The topological polar surface area (TPSA) is 129 Å². The molecule has 1 N–H and O–H groups in total. The first-order valence-corrected chi connectivity index (χ1v) is 34.4. The van der Waals surface area contributed by atoms with Crippen LogP contribution >= 0.6 is 0 Å². The molecular weight excluding hydrogens is 895 g/mol. The predicted molar refractivity (Wildman–Crippen MR) is 278 cm³/mol. The van der Waals surface area contributed by atoms with Crippen LogP contribution in [0, 0.1) is 0 Å². The van der Waals surface area contributed by atoms with Gasteiger partial charge in [0.2, 0.25) is 5.91 Å². The third kappa shape index (κ3) is 27.8. The molecular formula is C54H99NO11Si2. The maximum atomic E-state index is 14.4. The predicted octanol–water partition coefficient (Wildman–Crippen LogP) is 12.7. The Bertz CT molecular complexity index is 1460. The lowest BCUT2D eigenvalue weighted by Crippen LogP contribution is -2.69. The lowest BCUT2D eigenvalue weighted by Gasteiger charge is -2.50. The van der Waals surface area contributed by atoms with E-state index in [0.29, 0.717) is 26.2 Å². The minimum absolute atomic E-state index is 0.0212. The van der Waals surface area contributed by atoms with E-state index in [1.165, 1.54) is 70.6 Å². The summed E-state index contributed by atoms with van der Waals surface area (Å²) >= 11 is 0. The SMILES string of the molecule is CCCCCCCCCCCC(CC(=O)N[C@H]1[C@H](OCC[Si](C)(C)C)O[C@@H]2COC(C)(C)O[C@H]2[C@@H]1OC(=O)CC(CCCCCCCCC)OCOCc1ccccc1)OCOCC[Si](C)(C)C. The van der Waals surface area contributed by atoms with Crippen molar-refractivity contribution in [2.75, 3.05) is 33.4 Å². The maximum Gasteiger partial charge on any atom is 0.308 e. The van der Waals surface area contributed by atoms with Crippen LogP contribution in [0.1, 0.15) is 162 Å². The fraction of sp³-hybridized carbons (Fsp3) is 0.852. The number of amides is 1. The molecule has 2 heterocycles. The summed E-state index contributed by atoms with van der Waals surface area (Å²) in [6.07, 6.45) is 16.6. The third-order valence-corrected chi connectivity index (χ3v) is 16.2. The van der Waals surface area contributed by atoms with Crippen LogP contribution in [0.3, 0.4) is 0 Å². The van der Waals surface area contributed by atoms with Crippen LogP contribution in [0.4, 0.5) is 0 Å². The van der Waals surface area contributed by atoms with Gasteiger partial charge in [-0.1, -0.05) is 186 Å². The summed E-state index contributed by atoms with van der Waals surface area (Å²) in [6.45, 7) is 23.9. The van der Waals surface area contributed by atoms with Gasteiger partial charge in [-0.2, -0.15) is 0 Å². The number of ether oxygens (including phenoxy) is 9. The zero-order valence-electron chi connectivity index (χ0n) is 44.7. The molecule has 1 aromatic carbocycles. The molecule has 0 radical (unpaired) electrons. The van der Waals surface area contributed by atoms with Gasteiger partial charge in [-0.25, -0.2) is 0 Å². The molecule has 1 amide bonds. The van der Waals surface area contributed by atoms with E-state index in [-0.39, 0.29) is 45.0 Å². The second-order valence-electron chi connectivity index (χ2n) is 22.4. The van der Waals surface area contributed by atoms with E-state index in [0.717, 1.165) is 56.2 Å². The van der Waals surface area contributed by atoms with E-state index in [2.05, 4.69) is 58.4 Å². The van der Waals surface area contributed by atoms with Crippen molar-refractivity contribution in [2.45, 2.75) is 263 Å². The van der Waals surface area contributed by atoms with Crippen LogP contribution in [0.5, 0.6) is 0 Å². The molecule has 0 aromatic heterocycles. The van der Waals surface area contributed by atoms with Crippen LogP contribution in [0.2, 0.25) is 51.4 Å². The van der Waals surface area contributed by atoms with Crippen molar-refractivity contribution < 1.29 is 52.2 Å². The average Bonchev–Trinajstić information content (AvgIpc) is 3.27. The molecule has 3 rings (SSSR count). The summed E-state index contributed by atoms with van der Waals surface area (Å²) in [5, 5.41) is 3.25. The molecule has 1 aromatic rings. The summed E-state index contributed by atoms with van der Waals surface area (Å²) in [6, 6.07) is 11.1. The summed E-state index contributed by atoms with van der Waals surface area (Å²) in [5.74, 6) is -1.65. The quantitative estimate of drug-likeness (QED) is 0.0293. The molecule has 0 aliphatic carbocycles. The number of hydrogen-bond donors (Lipinski definition) is 1. The van der Waals surface area contributed by atoms with Crippen LogP contribution in [0.15, 0.2) is 30.3 Å². The normalized spacial score (nSPS) is 21.5. The molecule has 0 bridgehead atoms. The van der Waals surface area contributed by atoms with Crippen molar-refractivity contribution in [3.63, 3.8) is 0 Å². The molecule has 2 aliphatic rings. The molecule has 2 aliphatic heterocycles. The van der Waals surface area contributed by atoms with Crippen molar-refractivity contribution in [2.24, 2.45) is 0 Å². The van der Waals surface area contributed by atoms with E-state index >= 15 is 0 Å². The first-order chi connectivity index (χ1) is 32.5. The highest BCUT2D eigenvalue weighted by atomic mass is 28.3. The smallest absolute Gasteiger partial charge is 0.308 e. The van der Waals surface area contributed by atoms with Gasteiger partial charge in [0.15, 0.2) is 18.2 Å². The van der Waals surface area contributed by atoms with Crippen molar-refractivity contribution in [3.05, 3.63) is 35.9 Å². The van der Waals surface area contributed by atoms with Gasteiger partial charge in [-0.05, 0) is 44.3 Å². The van der Waals surface area contributed by atoms with Crippen molar-refractivity contribution >= 4 is 28.0 Å². The summed E-state index contributed by atoms with van der Waals surface area (Å²) in [7, 11) is -2.77. The number of unbranched alkanes of at least 4 members (excludes halogenated alkanes) is 14. The van der Waals surface area contributed by atoms with Crippen molar-refractivity contribution in [3.8, 4) is 0 Å². The summed E-state index contributed by atoms with van der Waals surface area (Å²) in [4.78, 5) is 28.7. The Labute approximate surface area is 416 Å². The highest BCUT2D eigenvalue weighted by Gasteiger charge is 2.54. The fourth-order valence-corrected chi connectivity index (χ4v) is 10.0. The summed E-state index contributed by atoms with van der Waals surface area (Å²) < 4.78 is 56.8. The molecule has 394 valence electrons. The first-order valence-electron chi connectivity index (χ1n) is 27.0. The number of carbonyl (C=O) groups excluding carboxylic acids is 2. The number of fused-ring (bicyclic) bond motifs is 1. The Morgan fingerprint density at radius 1 is 0.706 bits per heavy atom. The molecule has 68 heavy (non-hydrogen) atoms. The number of hydrogen-bond acceptors (Lipinski definition) is 11. The van der Waals surface area contributed by atoms with Crippen LogP contribution in [0.25, 0.3) is 0 Å². The zero-order valence-corrected chi connectivity index (χ0v) is 46.7. The molecule has 2 fully saturated rings. The minimum atomic E-state index is -1.50. The highest BCUT2D eigenvalue weighted by Crippen LogP contribution is 2.35. The Hall–Kier alpha value is -1.73. The van der Waals surface area contributed by atoms with Crippen LogP contribution in [-0.2, 0) is 58.8 Å². The van der Waals surface area contributed by atoms with E-state index < -0.39 is 64.7 Å². The average molecular weight is 995 g/mol. The van der Waals surface area contributed by atoms with Gasteiger partial charge < -0.3 is 47.9 Å². The van der Waals surface area contributed by atoms with E-state index in [1.807, 2.05) is 44.2 Å². The second-order valence-corrected chi connectivity index (χ2v) is 33.6.